The molecule has 0 aliphatic carbocycles. The number of nitrogens with one attached hydrogen (secondary N) is 1. The lowest BCUT2D eigenvalue weighted by molar-refractivity contribution is 0.415. The first kappa shape index (κ1) is 11.0. The van der Waals surface area contributed by atoms with Crippen molar-refractivity contribution in [3.05, 3.63) is 24.0 Å². The summed E-state index contributed by atoms with van der Waals surface area (Å²) in [5.41, 5.74) is 7.70. The van der Waals surface area contributed by atoms with Gasteiger partial charge in [-0.15, -0.1) is 0 Å². The van der Waals surface area contributed by atoms with Crippen LogP contribution in [0.1, 0.15) is 19.2 Å². The highest BCUT2D eigenvalue weighted by atomic mass is 16.5. The van der Waals surface area contributed by atoms with Gasteiger partial charge < -0.3 is 15.5 Å². The zero-order valence-electron chi connectivity index (χ0n) is 9.66. The molecular weight excluding hydrogens is 202 g/mol. The number of aryl methyl sites for hydroxylation is 1. The van der Waals surface area contributed by atoms with Crippen LogP contribution in [0.3, 0.4) is 0 Å². The Hall–Kier alpha value is -1.55. The fourth-order valence-electron chi connectivity index (χ4n) is 1.65. The average molecular weight is 219 g/mol. The first-order chi connectivity index (χ1) is 7.69. The first-order valence-corrected chi connectivity index (χ1v) is 5.47. The van der Waals surface area contributed by atoms with Crippen LogP contribution in [-0.2, 0) is 6.42 Å². The summed E-state index contributed by atoms with van der Waals surface area (Å²) in [5.74, 6) is 1.83. The molecule has 2 aromatic rings. The van der Waals surface area contributed by atoms with Gasteiger partial charge in [0.1, 0.15) is 11.6 Å². The summed E-state index contributed by atoms with van der Waals surface area (Å²) >= 11 is 0. The summed E-state index contributed by atoms with van der Waals surface area (Å²) < 4.78 is 5.16. The molecule has 1 aromatic carbocycles. The molecule has 4 heteroatoms. The molecule has 0 amide bonds. The quantitative estimate of drug-likeness (QED) is 0.824. The Kier molecular flexibility index (Phi) is 3.10. The van der Waals surface area contributed by atoms with E-state index in [1.165, 1.54) is 0 Å². The van der Waals surface area contributed by atoms with Crippen molar-refractivity contribution in [1.29, 1.82) is 0 Å². The van der Waals surface area contributed by atoms with Gasteiger partial charge in [-0.2, -0.15) is 0 Å². The third-order valence-corrected chi connectivity index (χ3v) is 2.57. The van der Waals surface area contributed by atoms with Crippen molar-refractivity contribution in [3.63, 3.8) is 0 Å². The van der Waals surface area contributed by atoms with Crippen LogP contribution in [0.4, 0.5) is 0 Å². The van der Waals surface area contributed by atoms with Crippen LogP contribution in [0.5, 0.6) is 5.75 Å². The van der Waals surface area contributed by atoms with Gasteiger partial charge in [-0.25, -0.2) is 4.98 Å². The SMILES string of the molecule is COc1ccc2nc(CCC(C)N)[nH]c2c1. The third kappa shape index (κ3) is 2.33. The number of methoxy groups -OCH3 is 1. The maximum absolute atomic E-state index is 5.72. The van der Waals surface area contributed by atoms with E-state index < -0.39 is 0 Å². The number of aromatic amines is 1. The molecule has 1 heterocycles. The van der Waals surface area contributed by atoms with Gasteiger partial charge in [0.15, 0.2) is 0 Å². The van der Waals surface area contributed by atoms with E-state index in [0.717, 1.165) is 35.4 Å². The van der Waals surface area contributed by atoms with E-state index in [0.29, 0.717) is 0 Å². The number of ether oxygens (including phenoxy) is 1. The molecule has 2 rings (SSSR count). The lowest BCUT2D eigenvalue weighted by Crippen LogP contribution is -2.15. The molecule has 3 N–H and O–H groups in total. The standard InChI is InChI=1S/C12H17N3O/c1-8(13)3-6-12-14-10-5-4-9(16-2)7-11(10)15-12/h4-5,7-8H,3,6,13H2,1-2H3,(H,14,15). The lowest BCUT2D eigenvalue weighted by atomic mass is 10.2. The third-order valence-electron chi connectivity index (χ3n) is 2.57. The van der Waals surface area contributed by atoms with Crippen LogP contribution in [0, 0.1) is 0 Å². The van der Waals surface area contributed by atoms with Gasteiger partial charge in [-0.1, -0.05) is 0 Å². The first-order valence-electron chi connectivity index (χ1n) is 5.47. The molecule has 1 atom stereocenters. The second-order valence-electron chi connectivity index (χ2n) is 4.08. The Morgan fingerprint density at radius 3 is 3.00 bits per heavy atom. The molecule has 0 saturated carbocycles. The number of imidazole rings is 1. The number of aromatic nitrogens is 2. The summed E-state index contributed by atoms with van der Waals surface area (Å²) in [5, 5.41) is 0. The van der Waals surface area contributed by atoms with Crippen molar-refractivity contribution in [2.24, 2.45) is 5.73 Å². The summed E-state index contributed by atoms with van der Waals surface area (Å²) in [6, 6.07) is 6.04. The number of H-pyrrole nitrogens is 1. The fraction of sp³-hybridized carbons (Fsp3) is 0.417. The largest absolute Gasteiger partial charge is 0.497 e. The maximum atomic E-state index is 5.72. The number of nitrogens with zero attached hydrogens (tertiary/aromatic N) is 1. The second-order valence-corrected chi connectivity index (χ2v) is 4.08. The van der Waals surface area contributed by atoms with Crippen LogP contribution in [0.15, 0.2) is 18.2 Å². The summed E-state index contributed by atoms with van der Waals surface area (Å²) in [4.78, 5) is 7.77. The lowest BCUT2D eigenvalue weighted by Gasteiger charge is -2.00. The minimum atomic E-state index is 0.211. The second kappa shape index (κ2) is 4.53. The van der Waals surface area contributed by atoms with Gasteiger partial charge in [0.05, 0.1) is 18.1 Å². The molecule has 1 unspecified atom stereocenters. The van der Waals surface area contributed by atoms with Crippen molar-refractivity contribution < 1.29 is 4.74 Å². The van der Waals surface area contributed by atoms with E-state index in [1.807, 2.05) is 25.1 Å². The molecule has 0 fully saturated rings. The summed E-state index contributed by atoms with van der Waals surface area (Å²) in [7, 11) is 1.66. The number of hydrogen-bond donors (Lipinski definition) is 2. The van der Waals surface area contributed by atoms with Crippen molar-refractivity contribution in [3.8, 4) is 5.75 Å². The monoisotopic (exact) mass is 219 g/mol. The summed E-state index contributed by atoms with van der Waals surface area (Å²) in [6.07, 6.45) is 1.83. The molecule has 0 bridgehead atoms. The zero-order valence-corrected chi connectivity index (χ0v) is 9.66. The van der Waals surface area contributed by atoms with Crippen molar-refractivity contribution >= 4 is 11.0 Å². The van der Waals surface area contributed by atoms with Crippen LogP contribution in [-0.4, -0.2) is 23.1 Å². The molecule has 0 aliphatic rings. The molecule has 16 heavy (non-hydrogen) atoms. The Bertz CT molecular complexity index is 476. The van der Waals surface area contributed by atoms with Gasteiger partial charge in [0.2, 0.25) is 0 Å². The smallest absolute Gasteiger partial charge is 0.121 e. The normalized spacial score (nSPS) is 12.9. The van der Waals surface area contributed by atoms with Gasteiger partial charge in [-0.05, 0) is 25.5 Å². The van der Waals surface area contributed by atoms with Crippen LogP contribution in [0.25, 0.3) is 11.0 Å². The Labute approximate surface area is 94.8 Å². The Morgan fingerprint density at radius 1 is 1.50 bits per heavy atom. The van der Waals surface area contributed by atoms with Gasteiger partial charge >= 0.3 is 0 Å². The molecule has 0 radical (unpaired) electrons. The van der Waals surface area contributed by atoms with E-state index in [-0.39, 0.29) is 6.04 Å². The van der Waals surface area contributed by atoms with Crippen molar-refractivity contribution in [1.82, 2.24) is 9.97 Å². The number of fused-ring (bicyclic) bond motifs is 1. The van der Waals surface area contributed by atoms with E-state index >= 15 is 0 Å². The Balaban J connectivity index is 2.22. The van der Waals surface area contributed by atoms with Crippen LogP contribution < -0.4 is 10.5 Å². The van der Waals surface area contributed by atoms with Gasteiger partial charge in [0.25, 0.3) is 0 Å². The minimum Gasteiger partial charge on any atom is -0.497 e. The van der Waals surface area contributed by atoms with Gasteiger partial charge in [-0.3, -0.25) is 0 Å². The highest BCUT2D eigenvalue weighted by Gasteiger charge is 2.04. The summed E-state index contributed by atoms with van der Waals surface area (Å²) in [6.45, 7) is 2.01. The van der Waals surface area contributed by atoms with E-state index in [9.17, 15) is 0 Å². The molecular formula is C12H17N3O. The average Bonchev–Trinajstić information content (AvgIpc) is 2.67. The van der Waals surface area contributed by atoms with Gasteiger partial charge in [0, 0.05) is 18.5 Å². The highest BCUT2D eigenvalue weighted by molar-refractivity contribution is 5.76. The maximum Gasteiger partial charge on any atom is 0.121 e. The van der Waals surface area contributed by atoms with Crippen LogP contribution >= 0.6 is 0 Å². The molecule has 4 nitrogen and oxygen atoms in total. The minimum absolute atomic E-state index is 0.211. The Morgan fingerprint density at radius 2 is 2.31 bits per heavy atom. The molecule has 0 spiro atoms. The number of nitrogens with two attached hydrogens (primary N) is 1. The van der Waals surface area contributed by atoms with E-state index in [4.69, 9.17) is 10.5 Å². The predicted octanol–water partition coefficient (Wildman–Crippen LogP) is 1.85. The van der Waals surface area contributed by atoms with Crippen LogP contribution in [0.2, 0.25) is 0 Å². The topological polar surface area (TPSA) is 63.9 Å². The van der Waals surface area contributed by atoms with Crippen molar-refractivity contribution in [2.75, 3.05) is 7.11 Å². The molecule has 0 saturated heterocycles. The predicted molar refractivity (Wildman–Crippen MR) is 64.6 cm³/mol. The number of hydrogen-bond acceptors (Lipinski definition) is 3. The number of rotatable bonds is 4. The number of benzene rings is 1. The molecule has 86 valence electrons. The van der Waals surface area contributed by atoms with E-state index in [1.54, 1.807) is 7.11 Å². The molecule has 0 aliphatic heterocycles. The van der Waals surface area contributed by atoms with Crippen molar-refractivity contribution in [2.45, 2.75) is 25.8 Å². The van der Waals surface area contributed by atoms with E-state index in [2.05, 4.69) is 9.97 Å². The molecule has 1 aromatic heterocycles. The fourth-order valence-corrected chi connectivity index (χ4v) is 1.65. The highest BCUT2D eigenvalue weighted by Crippen LogP contribution is 2.19. The zero-order chi connectivity index (χ0) is 11.5.